The predicted octanol–water partition coefficient (Wildman–Crippen LogP) is 3.55. The number of hydrogen-bond acceptors (Lipinski definition) is 3. The highest BCUT2D eigenvalue weighted by atomic mass is 16.2. The molecule has 0 spiro atoms. The Kier molecular flexibility index (Phi) is 5.08. The zero-order chi connectivity index (χ0) is 18.5. The van der Waals surface area contributed by atoms with Crippen LogP contribution in [0.3, 0.4) is 0 Å². The van der Waals surface area contributed by atoms with Crippen LogP contribution in [0.5, 0.6) is 0 Å². The van der Waals surface area contributed by atoms with Gasteiger partial charge in [0.25, 0.3) is 0 Å². The van der Waals surface area contributed by atoms with Gasteiger partial charge in [-0.1, -0.05) is 48.5 Å². The smallest absolute Gasteiger partial charge is 0.318 e. The second-order valence-corrected chi connectivity index (χ2v) is 6.02. The molecule has 26 heavy (non-hydrogen) atoms. The SMILES string of the molecule is Cc1ccc(NC(=O)C(=O)N/N=C/c2cccc3ccccc23)cc1C. The Morgan fingerprint density at radius 2 is 1.65 bits per heavy atom. The van der Waals surface area contributed by atoms with Gasteiger partial charge in [-0.25, -0.2) is 5.43 Å². The Hall–Kier alpha value is -3.47. The average Bonchev–Trinajstić information content (AvgIpc) is 2.65. The number of nitrogens with zero attached hydrogens (tertiary/aromatic N) is 1. The number of fused-ring (bicyclic) bond motifs is 1. The maximum atomic E-state index is 12.0. The van der Waals surface area contributed by atoms with E-state index >= 15 is 0 Å². The quantitative estimate of drug-likeness (QED) is 0.433. The van der Waals surface area contributed by atoms with Gasteiger partial charge in [0, 0.05) is 11.3 Å². The summed E-state index contributed by atoms with van der Waals surface area (Å²) in [5, 5.41) is 8.56. The molecule has 0 aromatic heterocycles. The molecule has 0 atom stereocenters. The summed E-state index contributed by atoms with van der Waals surface area (Å²) in [7, 11) is 0. The second kappa shape index (κ2) is 7.61. The third kappa shape index (κ3) is 3.95. The van der Waals surface area contributed by atoms with Gasteiger partial charge in [0.2, 0.25) is 0 Å². The molecule has 0 aliphatic heterocycles. The summed E-state index contributed by atoms with van der Waals surface area (Å²) in [6.07, 6.45) is 1.53. The first-order valence-electron chi connectivity index (χ1n) is 8.24. The second-order valence-electron chi connectivity index (χ2n) is 6.02. The van der Waals surface area contributed by atoms with E-state index in [0.717, 1.165) is 27.5 Å². The van der Waals surface area contributed by atoms with E-state index in [1.165, 1.54) is 6.21 Å². The molecule has 5 nitrogen and oxygen atoms in total. The number of anilines is 1. The number of carbonyl (C=O) groups is 2. The van der Waals surface area contributed by atoms with Crippen molar-refractivity contribution in [3.05, 3.63) is 77.4 Å². The Labute approximate surface area is 151 Å². The Morgan fingerprint density at radius 1 is 0.885 bits per heavy atom. The van der Waals surface area contributed by atoms with Crippen LogP contribution in [0.1, 0.15) is 16.7 Å². The van der Waals surface area contributed by atoms with E-state index in [0.29, 0.717) is 5.69 Å². The molecule has 2 amide bonds. The van der Waals surface area contributed by atoms with Gasteiger partial charge >= 0.3 is 11.8 Å². The fourth-order valence-electron chi connectivity index (χ4n) is 2.58. The molecule has 3 aromatic rings. The fourth-order valence-corrected chi connectivity index (χ4v) is 2.58. The van der Waals surface area contributed by atoms with Crippen LogP contribution in [0.15, 0.2) is 65.8 Å². The summed E-state index contributed by atoms with van der Waals surface area (Å²) in [5.41, 5.74) is 5.85. The number of aryl methyl sites for hydroxylation is 2. The number of hydrogen-bond donors (Lipinski definition) is 2. The van der Waals surface area contributed by atoms with Crippen molar-refractivity contribution in [2.24, 2.45) is 5.10 Å². The van der Waals surface area contributed by atoms with Crippen LogP contribution in [0.25, 0.3) is 10.8 Å². The number of rotatable bonds is 3. The van der Waals surface area contributed by atoms with Crippen molar-refractivity contribution in [3.63, 3.8) is 0 Å². The van der Waals surface area contributed by atoms with Crippen LogP contribution in [-0.4, -0.2) is 18.0 Å². The van der Waals surface area contributed by atoms with E-state index in [9.17, 15) is 9.59 Å². The van der Waals surface area contributed by atoms with Gasteiger partial charge in [0.15, 0.2) is 0 Å². The first-order chi connectivity index (χ1) is 12.5. The van der Waals surface area contributed by atoms with E-state index in [4.69, 9.17) is 0 Å². The van der Waals surface area contributed by atoms with Crippen LogP contribution < -0.4 is 10.7 Å². The van der Waals surface area contributed by atoms with Gasteiger partial charge in [0.1, 0.15) is 0 Å². The minimum absolute atomic E-state index is 0.575. The van der Waals surface area contributed by atoms with Crippen molar-refractivity contribution >= 4 is 34.5 Å². The topological polar surface area (TPSA) is 70.6 Å². The summed E-state index contributed by atoms with van der Waals surface area (Å²) in [5.74, 6) is -1.58. The van der Waals surface area contributed by atoms with Crippen LogP contribution in [0.2, 0.25) is 0 Å². The van der Waals surface area contributed by atoms with Crippen molar-refractivity contribution in [1.29, 1.82) is 0 Å². The summed E-state index contributed by atoms with van der Waals surface area (Å²) in [6.45, 7) is 3.93. The Balaban J connectivity index is 1.65. The third-order valence-electron chi connectivity index (χ3n) is 4.16. The minimum Gasteiger partial charge on any atom is -0.318 e. The van der Waals surface area contributed by atoms with Crippen molar-refractivity contribution < 1.29 is 9.59 Å². The lowest BCUT2D eigenvalue weighted by Gasteiger charge is -2.06. The number of nitrogens with one attached hydrogen (secondary N) is 2. The molecule has 2 N–H and O–H groups in total. The molecular formula is C21H19N3O2. The fraction of sp³-hybridized carbons (Fsp3) is 0.0952. The zero-order valence-electron chi connectivity index (χ0n) is 14.6. The van der Waals surface area contributed by atoms with E-state index in [1.807, 2.05) is 68.4 Å². The summed E-state index contributed by atoms with van der Waals surface area (Å²) < 4.78 is 0. The number of carbonyl (C=O) groups excluding carboxylic acids is 2. The van der Waals surface area contributed by atoms with Crippen LogP contribution >= 0.6 is 0 Å². The summed E-state index contributed by atoms with van der Waals surface area (Å²) in [4.78, 5) is 23.9. The molecule has 0 heterocycles. The average molecular weight is 345 g/mol. The lowest BCUT2D eigenvalue weighted by Crippen LogP contribution is -2.32. The van der Waals surface area contributed by atoms with Gasteiger partial charge in [-0.05, 0) is 47.9 Å². The lowest BCUT2D eigenvalue weighted by atomic mass is 10.1. The molecule has 0 unspecified atom stereocenters. The van der Waals surface area contributed by atoms with Crippen LogP contribution in [0.4, 0.5) is 5.69 Å². The molecule has 3 aromatic carbocycles. The summed E-state index contributed by atoms with van der Waals surface area (Å²) >= 11 is 0. The third-order valence-corrected chi connectivity index (χ3v) is 4.16. The lowest BCUT2D eigenvalue weighted by molar-refractivity contribution is -0.136. The van der Waals surface area contributed by atoms with Crippen molar-refractivity contribution in [3.8, 4) is 0 Å². The van der Waals surface area contributed by atoms with E-state index in [1.54, 1.807) is 6.07 Å². The maximum absolute atomic E-state index is 12.0. The molecule has 0 aliphatic rings. The molecule has 0 radical (unpaired) electrons. The first kappa shape index (κ1) is 17.4. The maximum Gasteiger partial charge on any atom is 0.329 e. The molecule has 0 bridgehead atoms. The monoisotopic (exact) mass is 345 g/mol. The molecule has 130 valence electrons. The van der Waals surface area contributed by atoms with Crippen molar-refractivity contribution in [1.82, 2.24) is 5.43 Å². The van der Waals surface area contributed by atoms with Gasteiger partial charge < -0.3 is 5.32 Å². The van der Waals surface area contributed by atoms with Crippen molar-refractivity contribution in [2.75, 3.05) is 5.32 Å². The largest absolute Gasteiger partial charge is 0.329 e. The molecule has 0 aliphatic carbocycles. The highest BCUT2D eigenvalue weighted by Crippen LogP contribution is 2.17. The Morgan fingerprint density at radius 3 is 2.46 bits per heavy atom. The van der Waals surface area contributed by atoms with Gasteiger partial charge in [-0.15, -0.1) is 0 Å². The molecule has 0 saturated carbocycles. The van der Waals surface area contributed by atoms with Gasteiger partial charge in [0.05, 0.1) is 6.21 Å². The molecule has 0 fully saturated rings. The van der Waals surface area contributed by atoms with E-state index in [-0.39, 0.29) is 0 Å². The zero-order valence-corrected chi connectivity index (χ0v) is 14.6. The normalized spacial score (nSPS) is 10.8. The minimum atomic E-state index is -0.820. The van der Waals surface area contributed by atoms with Gasteiger partial charge in [-0.3, -0.25) is 9.59 Å². The van der Waals surface area contributed by atoms with Gasteiger partial charge in [-0.2, -0.15) is 5.10 Å². The molecule has 5 heteroatoms. The molecule has 0 saturated heterocycles. The van der Waals surface area contributed by atoms with E-state index < -0.39 is 11.8 Å². The molecule has 3 rings (SSSR count). The predicted molar refractivity (Wildman–Crippen MR) is 104 cm³/mol. The Bertz CT molecular complexity index is 1000. The number of benzene rings is 3. The number of amides is 2. The standard InChI is InChI=1S/C21H19N3O2/c1-14-10-11-18(12-15(14)2)23-20(25)21(26)24-22-13-17-8-5-7-16-6-3-4-9-19(16)17/h3-13H,1-2H3,(H,23,25)(H,24,26)/b22-13+. The number of hydrazone groups is 1. The summed E-state index contributed by atoms with van der Waals surface area (Å²) in [6, 6.07) is 19.2. The highest BCUT2D eigenvalue weighted by Gasteiger charge is 2.13. The first-order valence-corrected chi connectivity index (χ1v) is 8.24. The van der Waals surface area contributed by atoms with Crippen LogP contribution in [-0.2, 0) is 9.59 Å². The van der Waals surface area contributed by atoms with Crippen molar-refractivity contribution in [2.45, 2.75) is 13.8 Å². The van der Waals surface area contributed by atoms with E-state index in [2.05, 4.69) is 15.8 Å². The molecular weight excluding hydrogens is 326 g/mol. The van der Waals surface area contributed by atoms with Crippen LogP contribution in [0, 0.1) is 13.8 Å². The highest BCUT2D eigenvalue weighted by molar-refractivity contribution is 6.39.